The number of nitrogens with zero attached hydrogens (tertiary/aromatic N) is 1. The Morgan fingerprint density at radius 1 is 1.42 bits per heavy atom. The van der Waals surface area contributed by atoms with Crippen LogP contribution in [0.5, 0.6) is 0 Å². The van der Waals surface area contributed by atoms with Gasteiger partial charge in [0.05, 0.1) is 16.6 Å². The summed E-state index contributed by atoms with van der Waals surface area (Å²) in [6.45, 7) is 9.14. The van der Waals surface area contributed by atoms with Crippen molar-refractivity contribution in [1.29, 1.82) is 0 Å². The van der Waals surface area contributed by atoms with Crippen molar-refractivity contribution in [3.63, 3.8) is 0 Å². The zero-order chi connectivity index (χ0) is 16.4. The molecule has 3 N–H and O–H groups in total. The molecular weight excluding hydrogens is 365 g/mol. The van der Waals surface area contributed by atoms with Crippen LogP contribution >= 0.6 is 36.2 Å². The fourth-order valence-corrected chi connectivity index (χ4v) is 4.00. The summed E-state index contributed by atoms with van der Waals surface area (Å²) in [6.07, 6.45) is 4.87. The second-order valence-corrected chi connectivity index (χ2v) is 8.66. The van der Waals surface area contributed by atoms with Crippen molar-refractivity contribution in [3.8, 4) is 0 Å². The van der Waals surface area contributed by atoms with E-state index in [1.54, 1.807) is 11.3 Å². The molecule has 1 aliphatic carbocycles. The van der Waals surface area contributed by atoms with Crippen LogP contribution in [0.25, 0.3) is 0 Å². The Balaban J connectivity index is 0.00000264. The first-order chi connectivity index (χ1) is 10.2. The highest BCUT2D eigenvalue weighted by Crippen LogP contribution is 2.31. The van der Waals surface area contributed by atoms with Crippen molar-refractivity contribution in [2.45, 2.75) is 70.8 Å². The van der Waals surface area contributed by atoms with E-state index in [0.29, 0.717) is 6.54 Å². The van der Waals surface area contributed by atoms with Crippen LogP contribution in [-0.2, 0) is 16.6 Å². The van der Waals surface area contributed by atoms with Crippen LogP contribution in [-0.4, -0.2) is 23.0 Å². The summed E-state index contributed by atoms with van der Waals surface area (Å²) in [4.78, 5) is 17.0. The van der Waals surface area contributed by atoms with Gasteiger partial charge in [-0.3, -0.25) is 4.79 Å². The number of carbonyl (C=O) groups is 1. The fourth-order valence-electron chi connectivity index (χ4n) is 2.97. The minimum absolute atomic E-state index is 0. The van der Waals surface area contributed by atoms with Gasteiger partial charge in [0.15, 0.2) is 0 Å². The molecule has 2 unspecified atom stereocenters. The van der Waals surface area contributed by atoms with E-state index in [2.05, 4.69) is 36.5 Å². The van der Waals surface area contributed by atoms with Crippen molar-refractivity contribution in [3.05, 3.63) is 16.1 Å². The van der Waals surface area contributed by atoms with Crippen molar-refractivity contribution in [2.24, 2.45) is 11.7 Å². The molecule has 0 aromatic carbocycles. The SMILES string of the molecule is CC(C)(C)c1csc(CCNC(=O)C2CCCCC2(C)N)n1.Cl.Cl. The lowest BCUT2D eigenvalue weighted by molar-refractivity contribution is -0.128. The maximum atomic E-state index is 12.4. The summed E-state index contributed by atoms with van der Waals surface area (Å²) in [5.41, 5.74) is 7.14. The molecule has 1 aromatic heterocycles. The number of thiazole rings is 1. The first kappa shape index (κ1) is 23.6. The van der Waals surface area contributed by atoms with Gasteiger partial charge in [-0.1, -0.05) is 33.6 Å². The lowest BCUT2D eigenvalue weighted by atomic mass is 9.74. The van der Waals surface area contributed by atoms with Gasteiger partial charge in [-0.05, 0) is 19.8 Å². The van der Waals surface area contributed by atoms with Crippen molar-refractivity contribution >= 4 is 42.1 Å². The second kappa shape index (κ2) is 9.37. The van der Waals surface area contributed by atoms with Gasteiger partial charge in [0.2, 0.25) is 5.91 Å². The molecule has 0 radical (unpaired) electrons. The van der Waals surface area contributed by atoms with Crippen LogP contribution in [0.4, 0.5) is 0 Å². The van der Waals surface area contributed by atoms with Crippen LogP contribution in [0.3, 0.4) is 0 Å². The zero-order valence-electron chi connectivity index (χ0n) is 15.1. The van der Waals surface area contributed by atoms with Crippen molar-refractivity contribution < 1.29 is 4.79 Å². The van der Waals surface area contributed by atoms with Gasteiger partial charge >= 0.3 is 0 Å². The van der Waals surface area contributed by atoms with Gasteiger partial charge in [-0.15, -0.1) is 36.2 Å². The van der Waals surface area contributed by atoms with E-state index in [1.165, 1.54) is 0 Å². The van der Waals surface area contributed by atoms with E-state index in [9.17, 15) is 4.79 Å². The zero-order valence-corrected chi connectivity index (χ0v) is 17.5. The van der Waals surface area contributed by atoms with E-state index in [1.807, 2.05) is 6.92 Å². The molecule has 0 aliphatic heterocycles. The van der Waals surface area contributed by atoms with E-state index < -0.39 is 0 Å². The van der Waals surface area contributed by atoms with Crippen LogP contribution in [0.2, 0.25) is 0 Å². The van der Waals surface area contributed by atoms with Crippen LogP contribution < -0.4 is 11.1 Å². The van der Waals surface area contributed by atoms with Crippen LogP contribution in [0.15, 0.2) is 5.38 Å². The Labute approximate surface area is 162 Å². The topological polar surface area (TPSA) is 68.0 Å². The number of hydrogen-bond acceptors (Lipinski definition) is 4. The van der Waals surface area contributed by atoms with E-state index in [4.69, 9.17) is 5.73 Å². The summed E-state index contributed by atoms with van der Waals surface area (Å²) in [5.74, 6) is 0.0555. The average molecular weight is 396 g/mol. The highest BCUT2D eigenvalue weighted by atomic mass is 35.5. The number of nitrogens with two attached hydrogens (primary N) is 1. The van der Waals surface area contributed by atoms with Crippen molar-refractivity contribution in [1.82, 2.24) is 10.3 Å². The molecule has 24 heavy (non-hydrogen) atoms. The number of hydrogen-bond donors (Lipinski definition) is 2. The maximum absolute atomic E-state index is 12.4. The summed E-state index contributed by atoms with van der Waals surface area (Å²) in [5, 5.41) is 6.26. The highest BCUT2D eigenvalue weighted by molar-refractivity contribution is 7.09. The molecule has 4 nitrogen and oxygen atoms in total. The van der Waals surface area contributed by atoms with Gasteiger partial charge in [-0.2, -0.15) is 0 Å². The Bertz CT molecular complexity index is 526. The molecule has 0 spiro atoms. The van der Waals surface area contributed by atoms with Gasteiger partial charge < -0.3 is 11.1 Å². The predicted molar refractivity (Wildman–Crippen MR) is 107 cm³/mol. The molecule has 2 atom stereocenters. The first-order valence-electron chi connectivity index (χ1n) is 8.21. The molecular formula is C17H31Cl2N3OS. The first-order valence-corrected chi connectivity index (χ1v) is 9.09. The summed E-state index contributed by atoms with van der Waals surface area (Å²) in [6, 6.07) is 0. The summed E-state index contributed by atoms with van der Waals surface area (Å²) >= 11 is 1.68. The molecule has 1 aromatic rings. The number of carbonyl (C=O) groups excluding carboxylic acids is 1. The van der Waals surface area contributed by atoms with Gasteiger partial charge in [-0.25, -0.2) is 4.98 Å². The lowest BCUT2D eigenvalue weighted by Crippen LogP contribution is -2.53. The number of halogens is 2. The Hall–Kier alpha value is -0.360. The van der Waals surface area contributed by atoms with Gasteiger partial charge in [0.25, 0.3) is 0 Å². The standard InChI is InChI=1S/C17H29N3OS.2ClH/c1-16(2,3)13-11-22-14(20-13)8-10-19-15(21)12-7-5-6-9-17(12,4)18;;/h11-12H,5-10,18H2,1-4H3,(H,19,21);2*1H. The third kappa shape index (κ3) is 6.17. The number of aromatic nitrogens is 1. The molecule has 0 saturated heterocycles. The molecule has 1 aliphatic rings. The Morgan fingerprint density at radius 2 is 2.08 bits per heavy atom. The monoisotopic (exact) mass is 395 g/mol. The minimum atomic E-state index is -0.358. The van der Waals surface area contributed by atoms with Gasteiger partial charge in [0, 0.05) is 29.3 Å². The average Bonchev–Trinajstić information content (AvgIpc) is 2.86. The minimum Gasteiger partial charge on any atom is -0.355 e. The third-order valence-corrected chi connectivity index (χ3v) is 5.44. The highest BCUT2D eigenvalue weighted by Gasteiger charge is 2.37. The molecule has 7 heteroatoms. The van der Waals surface area contributed by atoms with E-state index >= 15 is 0 Å². The summed E-state index contributed by atoms with van der Waals surface area (Å²) < 4.78 is 0. The quantitative estimate of drug-likeness (QED) is 0.812. The second-order valence-electron chi connectivity index (χ2n) is 7.72. The lowest BCUT2D eigenvalue weighted by Gasteiger charge is -2.37. The molecule has 140 valence electrons. The number of rotatable bonds is 4. The molecule has 0 bridgehead atoms. The normalized spacial score (nSPS) is 23.8. The molecule has 1 saturated carbocycles. The largest absolute Gasteiger partial charge is 0.355 e. The van der Waals surface area contributed by atoms with Crippen LogP contribution in [0, 0.1) is 5.92 Å². The predicted octanol–water partition coefficient (Wildman–Crippen LogP) is 3.85. The third-order valence-electron chi connectivity index (χ3n) is 4.53. The smallest absolute Gasteiger partial charge is 0.224 e. The maximum Gasteiger partial charge on any atom is 0.224 e. The Morgan fingerprint density at radius 3 is 2.62 bits per heavy atom. The fraction of sp³-hybridized carbons (Fsp3) is 0.765. The van der Waals surface area contributed by atoms with E-state index in [0.717, 1.165) is 42.8 Å². The summed E-state index contributed by atoms with van der Waals surface area (Å²) in [7, 11) is 0. The van der Waals surface area contributed by atoms with Crippen LogP contribution in [0.1, 0.15) is 64.1 Å². The molecule has 1 fully saturated rings. The number of amides is 1. The van der Waals surface area contributed by atoms with Gasteiger partial charge in [0.1, 0.15) is 0 Å². The molecule has 1 heterocycles. The van der Waals surface area contributed by atoms with E-state index in [-0.39, 0.29) is 47.6 Å². The van der Waals surface area contributed by atoms with Crippen molar-refractivity contribution in [2.75, 3.05) is 6.54 Å². The Kier molecular flexibility index (Phi) is 9.23. The molecule has 2 rings (SSSR count). The molecule has 1 amide bonds. The number of nitrogens with one attached hydrogen (secondary N) is 1.